The Morgan fingerprint density at radius 3 is 2.63 bits per heavy atom. The summed E-state index contributed by atoms with van der Waals surface area (Å²) in [5, 5.41) is 3.10. The van der Waals surface area contributed by atoms with Gasteiger partial charge in [0.05, 0.1) is 0 Å². The molecule has 0 aliphatic rings. The standard InChI is InChI=1S/C15H18BrN3/c1-10(2)7-13-9-14(17-3)19-15(18-13)11-5-4-6-12(16)8-11/h4-6,8-10H,7H2,1-3H3,(H,17,18,19). The van der Waals surface area contributed by atoms with Crippen LogP contribution in [0, 0.1) is 5.92 Å². The molecule has 4 heteroatoms. The lowest BCUT2D eigenvalue weighted by Crippen LogP contribution is -2.03. The molecule has 1 heterocycles. The van der Waals surface area contributed by atoms with Crippen molar-refractivity contribution in [2.45, 2.75) is 20.3 Å². The molecular weight excluding hydrogens is 302 g/mol. The Hall–Kier alpha value is -1.42. The molecule has 0 spiro atoms. The van der Waals surface area contributed by atoms with Crippen molar-refractivity contribution in [3.8, 4) is 11.4 Å². The number of benzene rings is 1. The predicted molar refractivity (Wildman–Crippen MR) is 83.3 cm³/mol. The van der Waals surface area contributed by atoms with Gasteiger partial charge in [0.2, 0.25) is 0 Å². The average molecular weight is 320 g/mol. The Balaban J connectivity index is 2.44. The lowest BCUT2D eigenvalue weighted by atomic mass is 10.1. The van der Waals surface area contributed by atoms with Gasteiger partial charge >= 0.3 is 0 Å². The highest BCUT2D eigenvalue weighted by atomic mass is 79.9. The molecule has 1 aromatic heterocycles. The van der Waals surface area contributed by atoms with E-state index in [4.69, 9.17) is 0 Å². The van der Waals surface area contributed by atoms with Gasteiger partial charge in [-0.05, 0) is 24.5 Å². The van der Waals surface area contributed by atoms with E-state index in [2.05, 4.69) is 45.1 Å². The first-order valence-electron chi connectivity index (χ1n) is 6.40. The summed E-state index contributed by atoms with van der Waals surface area (Å²) >= 11 is 3.48. The van der Waals surface area contributed by atoms with Crippen LogP contribution in [0.15, 0.2) is 34.8 Å². The molecule has 0 aliphatic heterocycles. The van der Waals surface area contributed by atoms with Crippen molar-refractivity contribution in [3.05, 3.63) is 40.5 Å². The van der Waals surface area contributed by atoms with Crippen molar-refractivity contribution in [2.75, 3.05) is 12.4 Å². The topological polar surface area (TPSA) is 37.8 Å². The van der Waals surface area contributed by atoms with E-state index in [0.717, 1.165) is 33.8 Å². The van der Waals surface area contributed by atoms with Gasteiger partial charge in [-0.2, -0.15) is 0 Å². The highest BCUT2D eigenvalue weighted by Crippen LogP contribution is 2.22. The Kier molecular flexibility index (Phi) is 4.53. The van der Waals surface area contributed by atoms with Crippen LogP contribution < -0.4 is 5.32 Å². The molecular formula is C15H18BrN3. The van der Waals surface area contributed by atoms with Crippen molar-refractivity contribution in [1.29, 1.82) is 0 Å². The van der Waals surface area contributed by atoms with Crippen LogP contribution in [0.3, 0.4) is 0 Å². The van der Waals surface area contributed by atoms with Crippen LogP contribution in [0.2, 0.25) is 0 Å². The molecule has 0 atom stereocenters. The van der Waals surface area contributed by atoms with E-state index < -0.39 is 0 Å². The SMILES string of the molecule is CNc1cc(CC(C)C)nc(-c2cccc(Br)c2)n1. The largest absolute Gasteiger partial charge is 0.373 e. The number of hydrogen-bond donors (Lipinski definition) is 1. The van der Waals surface area contributed by atoms with Crippen LogP contribution in [-0.4, -0.2) is 17.0 Å². The average Bonchev–Trinajstić information content (AvgIpc) is 2.37. The number of nitrogens with zero attached hydrogens (tertiary/aromatic N) is 2. The van der Waals surface area contributed by atoms with E-state index in [9.17, 15) is 0 Å². The molecule has 1 N–H and O–H groups in total. The monoisotopic (exact) mass is 319 g/mol. The minimum Gasteiger partial charge on any atom is -0.373 e. The summed E-state index contributed by atoms with van der Waals surface area (Å²) in [4.78, 5) is 9.19. The first-order chi connectivity index (χ1) is 9.08. The van der Waals surface area contributed by atoms with Gasteiger partial charge in [-0.15, -0.1) is 0 Å². The molecule has 0 amide bonds. The van der Waals surface area contributed by atoms with Crippen molar-refractivity contribution < 1.29 is 0 Å². The smallest absolute Gasteiger partial charge is 0.161 e. The molecule has 0 saturated heterocycles. The second-order valence-electron chi connectivity index (χ2n) is 4.93. The summed E-state index contributed by atoms with van der Waals surface area (Å²) in [7, 11) is 1.88. The maximum atomic E-state index is 4.66. The molecule has 0 aliphatic carbocycles. The molecule has 0 saturated carbocycles. The van der Waals surface area contributed by atoms with E-state index >= 15 is 0 Å². The summed E-state index contributed by atoms with van der Waals surface area (Å²) in [5.41, 5.74) is 2.10. The zero-order valence-electron chi connectivity index (χ0n) is 11.4. The summed E-state index contributed by atoms with van der Waals surface area (Å²) in [6, 6.07) is 10.1. The van der Waals surface area contributed by atoms with Gasteiger partial charge < -0.3 is 5.32 Å². The minimum atomic E-state index is 0.579. The molecule has 100 valence electrons. The van der Waals surface area contributed by atoms with Gasteiger partial charge in [-0.1, -0.05) is 41.9 Å². The zero-order valence-corrected chi connectivity index (χ0v) is 13.0. The fourth-order valence-electron chi connectivity index (χ4n) is 1.91. The first-order valence-corrected chi connectivity index (χ1v) is 7.19. The van der Waals surface area contributed by atoms with Crippen LogP contribution in [0.1, 0.15) is 19.5 Å². The number of halogens is 1. The first kappa shape index (κ1) is 14.0. The number of anilines is 1. The lowest BCUT2D eigenvalue weighted by Gasteiger charge is -2.09. The van der Waals surface area contributed by atoms with Crippen molar-refractivity contribution in [1.82, 2.24) is 9.97 Å². The Bertz CT molecular complexity index is 567. The van der Waals surface area contributed by atoms with Gasteiger partial charge in [0.15, 0.2) is 5.82 Å². The Morgan fingerprint density at radius 2 is 2.00 bits per heavy atom. The molecule has 0 radical (unpaired) electrons. The van der Waals surface area contributed by atoms with Crippen LogP contribution in [0.4, 0.5) is 5.82 Å². The highest BCUT2D eigenvalue weighted by molar-refractivity contribution is 9.10. The molecule has 19 heavy (non-hydrogen) atoms. The second kappa shape index (κ2) is 6.15. The molecule has 0 unspecified atom stereocenters. The van der Waals surface area contributed by atoms with Gasteiger partial charge in [0, 0.05) is 28.8 Å². The highest BCUT2D eigenvalue weighted by Gasteiger charge is 2.08. The summed E-state index contributed by atoms with van der Waals surface area (Å²) in [6.07, 6.45) is 0.957. The molecule has 2 rings (SSSR count). The van der Waals surface area contributed by atoms with Crippen LogP contribution in [-0.2, 0) is 6.42 Å². The quantitative estimate of drug-likeness (QED) is 0.920. The molecule has 3 nitrogen and oxygen atoms in total. The van der Waals surface area contributed by atoms with E-state index in [-0.39, 0.29) is 0 Å². The number of rotatable bonds is 4. The fourth-order valence-corrected chi connectivity index (χ4v) is 2.30. The van der Waals surface area contributed by atoms with E-state index in [1.165, 1.54) is 0 Å². The van der Waals surface area contributed by atoms with E-state index in [0.29, 0.717) is 5.92 Å². The number of nitrogens with one attached hydrogen (secondary N) is 1. The maximum absolute atomic E-state index is 4.66. The zero-order chi connectivity index (χ0) is 13.8. The molecule has 2 aromatic rings. The third-order valence-electron chi connectivity index (χ3n) is 2.74. The lowest BCUT2D eigenvalue weighted by molar-refractivity contribution is 0.635. The predicted octanol–water partition coefficient (Wildman–Crippen LogP) is 4.15. The Labute approximate surface area is 122 Å². The molecule has 0 bridgehead atoms. The van der Waals surface area contributed by atoms with E-state index in [1.807, 2.05) is 37.4 Å². The number of hydrogen-bond acceptors (Lipinski definition) is 3. The Morgan fingerprint density at radius 1 is 1.21 bits per heavy atom. The van der Waals surface area contributed by atoms with Gasteiger partial charge in [-0.25, -0.2) is 9.97 Å². The van der Waals surface area contributed by atoms with E-state index in [1.54, 1.807) is 0 Å². The third kappa shape index (κ3) is 3.77. The minimum absolute atomic E-state index is 0.579. The van der Waals surface area contributed by atoms with Gasteiger partial charge in [-0.3, -0.25) is 0 Å². The normalized spacial score (nSPS) is 10.8. The van der Waals surface area contributed by atoms with Crippen molar-refractivity contribution in [3.63, 3.8) is 0 Å². The van der Waals surface area contributed by atoms with Gasteiger partial charge in [0.25, 0.3) is 0 Å². The van der Waals surface area contributed by atoms with Crippen LogP contribution in [0.5, 0.6) is 0 Å². The van der Waals surface area contributed by atoms with Crippen molar-refractivity contribution >= 4 is 21.7 Å². The third-order valence-corrected chi connectivity index (χ3v) is 3.23. The number of aromatic nitrogens is 2. The molecule has 1 aromatic carbocycles. The fraction of sp³-hybridized carbons (Fsp3) is 0.333. The van der Waals surface area contributed by atoms with Crippen LogP contribution >= 0.6 is 15.9 Å². The maximum Gasteiger partial charge on any atom is 0.161 e. The molecule has 0 fully saturated rings. The van der Waals surface area contributed by atoms with Crippen molar-refractivity contribution in [2.24, 2.45) is 5.92 Å². The summed E-state index contributed by atoms with van der Waals surface area (Å²) in [5.74, 6) is 2.21. The second-order valence-corrected chi connectivity index (χ2v) is 5.84. The summed E-state index contributed by atoms with van der Waals surface area (Å²) in [6.45, 7) is 4.39. The van der Waals surface area contributed by atoms with Gasteiger partial charge in [0.1, 0.15) is 5.82 Å². The van der Waals surface area contributed by atoms with Crippen LogP contribution in [0.25, 0.3) is 11.4 Å². The summed E-state index contributed by atoms with van der Waals surface area (Å²) < 4.78 is 1.04.